The summed E-state index contributed by atoms with van der Waals surface area (Å²) in [6.45, 7) is 5.14. The van der Waals surface area contributed by atoms with Crippen molar-refractivity contribution in [1.82, 2.24) is 14.9 Å². The van der Waals surface area contributed by atoms with Crippen molar-refractivity contribution >= 4 is 0 Å². The van der Waals surface area contributed by atoms with Crippen LogP contribution in [0.15, 0.2) is 12.4 Å². The molecule has 90 valence electrons. The van der Waals surface area contributed by atoms with Crippen LogP contribution in [0.1, 0.15) is 26.1 Å². The van der Waals surface area contributed by atoms with E-state index >= 15 is 0 Å². The first-order valence-electron chi connectivity index (χ1n) is 5.89. The van der Waals surface area contributed by atoms with Gasteiger partial charge in [-0.05, 0) is 6.42 Å². The SMILES string of the molecule is Cn1ccnc1CCNC1CC(O)C1(C)C. The van der Waals surface area contributed by atoms with Crippen LogP contribution < -0.4 is 5.32 Å². The van der Waals surface area contributed by atoms with Crippen molar-refractivity contribution in [2.24, 2.45) is 12.5 Å². The predicted molar refractivity (Wildman–Crippen MR) is 63.1 cm³/mol. The van der Waals surface area contributed by atoms with Crippen LogP contribution >= 0.6 is 0 Å². The summed E-state index contributed by atoms with van der Waals surface area (Å²) in [5, 5.41) is 13.1. The molecule has 1 saturated carbocycles. The van der Waals surface area contributed by atoms with Crippen molar-refractivity contribution in [2.75, 3.05) is 6.54 Å². The highest BCUT2D eigenvalue weighted by Gasteiger charge is 2.46. The first-order chi connectivity index (χ1) is 7.51. The molecule has 0 bridgehead atoms. The minimum atomic E-state index is -0.154. The van der Waals surface area contributed by atoms with Gasteiger partial charge in [-0.25, -0.2) is 4.98 Å². The van der Waals surface area contributed by atoms with E-state index in [4.69, 9.17) is 0 Å². The Labute approximate surface area is 96.7 Å². The van der Waals surface area contributed by atoms with Gasteiger partial charge in [0.05, 0.1) is 6.10 Å². The van der Waals surface area contributed by atoms with E-state index in [-0.39, 0.29) is 11.5 Å². The molecular weight excluding hydrogens is 202 g/mol. The third kappa shape index (κ3) is 1.99. The molecule has 16 heavy (non-hydrogen) atoms. The number of nitrogens with zero attached hydrogens (tertiary/aromatic N) is 2. The zero-order valence-electron chi connectivity index (χ0n) is 10.3. The van der Waals surface area contributed by atoms with Crippen LogP contribution in [0.3, 0.4) is 0 Å². The van der Waals surface area contributed by atoms with Gasteiger partial charge in [-0.2, -0.15) is 0 Å². The van der Waals surface area contributed by atoms with Crippen molar-refractivity contribution in [3.8, 4) is 0 Å². The zero-order chi connectivity index (χ0) is 11.8. The van der Waals surface area contributed by atoms with Crippen molar-refractivity contribution in [2.45, 2.75) is 38.8 Å². The summed E-state index contributed by atoms with van der Waals surface area (Å²) in [7, 11) is 2.01. The van der Waals surface area contributed by atoms with Crippen molar-refractivity contribution in [3.05, 3.63) is 18.2 Å². The minimum absolute atomic E-state index is 0.0155. The summed E-state index contributed by atoms with van der Waals surface area (Å²) < 4.78 is 2.04. The van der Waals surface area contributed by atoms with Gasteiger partial charge in [-0.15, -0.1) is 0 Å². The van der Waals surface area contributed by atoms with Crippen molar-refractivity contribution in [1.29, 1.82) is 0 Å². The number of aliphatic hydroxyl groups is 1. The Morgan fingerprint density at radius 2 is 2.38 bits per heavy atom. The van der Waals surface area contributed by atoms with Gasteiger partial charge >= 0.3 is 0 Å². The van der Waals surface area contributed by atoms with E-state index in [1.54, 1.807) is 0 Å². The molecule has 2 rings (SSSR count). The van der Waals surface area contributed by atoms with Crippen LogP contribution in [0.25, 0.3) is 0 Å². The molecule has 2 N–H and O–H groups in total. The number of aromatic nitrogens is 2. The second-order valence-electron chi connectivity index (χ2n) is 5.28. The van der Waals surface area contributed by atoms with Crippen LogP contribution in [-0.4, -0.2) is 33.3 Å². The maximum atomic E-state index is 9.62. The second kappa shape index (κ2) is 4.18. The maximum Gasteiger partial charge on any atom is 0.109 e. The number of hydrogen-bond acceptors (Lipinski definition) is 3. The fourth-order valence-corrected chi connectivity index (χ4v) is 2.24. The van der Waals surface area contributed by atoms with Gasteiger partial charge in [0.2, 0.25) is 0 Å². The van der Waals surface area contributed by atoms with E-state index in [0.717, 1.165) is 25.2 Å². The van der Waals surface area contributed by atoms with Crippen LogP contribution in [0.2, 0.25) is 0 Å². The van der Waals surface area contributed by atoms with Gasteiger partial charge < -0.3 is 15.0 Å². The van der Waals surface area contributed by atoms with Gasteiger partial charge in [0.1, 0.15) is 5.82 Å². The molecule has 1 fully saturated rings. The highest BCUT2D eigenvalue weighted by molar-refractivity contribution is 5.02. The van der Waals surface area contributed by atoms with Crippen molar-refractivity contribution in [3.63, 3.8) is 0 Å². The Hall–Kier alpha value is -0.870. The lowest BCUT2D eigenvalue weighted by Gasteiger charge is -2.49. The van der Waals surface area contributed by atoms with E-state index in [2.05, 4.69) is 24.1 Å². The quantitative estimate of drug-likeness (QED) is 0.790. The fourth-order valence-electron chi connectivity index (χ4n) is 2.24. The van der Waals surface area contributed by atoms with E-state index in [1.165, 1.54) is 0 Å². The molecular formula is C12H21N3O. The van der Waals surface area contributed by atoms with E-state index in [0.29, 0.717) is 6.04 Å². The molecule has 4 nitrogen and oxygen atoms in total. The summed E-state index contributed by atoms with van der Waals surface area (Å²) >= 11 is 0. The molecule has 1 aromatic rings. The molecule has 0 amide bonds. The average molecular weight is 223 g/mol. The summed E-state index contributed by atoms with van der Waals surface area (Å²) in [4.78, 5) is 4.28. The molecule has 4 heteroatoms. The highest BCUT2D eigenvalue weighted by atomic mass is 16.3. The van der Waals surface area contributed by atoms with E-state index in [1.807, 2.05) is 24.0 Å². The second-order valence-corrected chi connectivity index (χ2v) is 5.28. The molecule has 0 aromatic carbocycles. The molecule has 1 aliphatic rings. The standard InChI is InChI=1S/C12H21N3O/c1-12(2)9(8-10(12)16)13-5-4-11-14-6-7-15(11)3/h6-7,9-10,13,16H,4-5,8H2,1-3H3. The lowest BCUT2D eigenvalue weighted by molar-refractivity contribution is -0.0721. The number of nitrogens with one attached hydrogen (secondary N) is 1. The number of aliphatic hydroxyl groups excluding tert-OH is 1. The first kappa shape index (κ1) is 11.6. The molecule has 2 unspecified atom stereocenters. The Kier molecular flexibility index (Phi) is 3.04. The third-order valence-electron chi connectivity index (χ3n) is 3.88. The maximum absolute atomic E-state index is 9.62. The van der Waals surface area contributed by atoms with Gasteiger partial charge in [-0.3, -0.25) is 0 Å². The van der Waals surface area contributed by atoms with Crippen LogP contribution in [0.5, 0.6) is 0 Å². The predicted octanol–water partition coefficient (Wildman–Crippen LogP) is 0.712. The largest absolute Gasteiger partial charge is 0.392 e. The molecule has 0 spiro atoms. The third-order valence-corrected chi connectivity index (χ3v) is 3.88. The summed E-state index contributed by atoms with van der Waals surface area (Å²) in [5.41, 5.74) is 0.0155. The van der Waals surface area contributed by atoms with Gasteiger partial charge in [0.15, 0.2) is 0 Å². The van der Waals surface area contributed by atoms with E-state index in [9.17, 15) is 5.11 Å². The monoisotopic (exact) mass is 223 g/mol. The number of rotatable bonds is 4. The van der Waals surface area contributed by atoms with Crippen LogP contribution in [0, 0.1) is 5.41 Å². The van der Waals surface area contributed by atoms with Gasteiger partial charge in [0, 0.05) is 43.9 Å². The highest BCUT2D eigenvalue weighted by Crippen LogP contribution is 2.40. The van der Waals surface area contributed by atoms with Crippen molar-refractivity contribution < 1.29 is 5.11 Å². The summed E-state index contributed by atoms with van der Waals surface area (Å²) in [6, 6.07) is 0.433. The Balaban J connectivity index is 1.76. The first-order valence-corrected chi connectivity index (χ1v) is 5.89. The topological polar surface area (TPSA) is 50.1 Å². The minimum Gasteiger partial charge on any atom is -0.392 e. The fraction of sp³-hybridized carbons (Fsp3) is 0.750. The van der Waals surface area contributed by atoms with Crippen LogP contribution in [-0.2, 0) is 13.5 Å². The summed E-state index contributed by atoms with van der Waals surface area (Å²) in [6.07, 6.45) is 5.44. The zero-order valence-corrected chi connectivity index (χ0v) is 10.3. The number of imidazole rings is 1. The lowest BCUT2D eigenvalue weighted by Crippen LogP contribution is -2.60. The van der Waals surface area contributed by atoms with E-state index < -0.39 is 0 Å². The Bertz CT molecular complexity index is 359. The van der Waals surface area contributed by atoms with Gasteiger partial charge in [0.25, 0.3) is 0 Å². The number of aryl methyl sites for hydroxylation is 1. The smallest absolute Gasteiger partial charge is 0.109 e. The molecule has 0 saturated heterocycles. The van der Waals surface area contributed by atoms with Crippen LogP contribution in [0.4, 0.5) is 0 Å². The number of hydrogen-bond donors (Lipinski definition) is 2. The molecule has 1 aromatic heterocycles. The molecule has 1 heterocycles. The Morgan fingerprint density at radius 1 is 1.62 bits per heavy atom. The van der Waals surface area contributed by atoms with Gasteiger partial charge in [-0.1, -0.05) is 13.8 Å². The molecule has 0 radical (unpaired) electrons. The Morgan fingerprint density at radius 3 is 2.88 bits per heavy atom. The summed E-state index contributed by atoms with van der Waals surface area (Å²) in [5.74, 6) is 1.10. The lowest BCUT2D eigenvalue weighted by atomic mass is 9.64. The molecule has 0 aliphatic heterocycles. The molecule has 1 aliphatic carbocycles. The normalized spacial score (nSPS) is 27.8. The molecule has 2 atom stereocenters. The average Bonchev–Trinajstić information content (AvgIpc) is 2.63.